The molecule has 6 heteroatoms. The van der Waals surface area contributed by atoms with Crippen molar-refractivity contribution in [3.05, 3.63) is 59.9 Å². The van der Waals surface area contributed by atoms with Crippen molar-refractivity contribution in [3.63, 3.8) is 0 Å². The number of hydrogen-bond acceptors (Lipinski definition) is 4. The molecule has 1 saturated heterocycles. The Labute approximate surface area is 152 Å². The molecule has 2 atom stereocenters. The third-order valence-electron chi connectivity index (χ3n) is 4.60. The van der Waals surface area contributed by atoms with Gasteiger partial charge in [-0.1, -0.05) is 30.3 Å². The predicted octanol–water partition coefficient (Wildman–Crippen LogP) is 2.73. The highest BCUT2D eigenvalue weighted by atomic mass is 16.5. The third-order valence-corrected chi connectivity index (χ3v) is 4.60. The van der Waals surface area contributed by atoms with E-state index in [0.717, 1.165) is 16.6 Å². The van der Waals surface area contributed by atoms with Crippen LogP contribution in [0.4, 0.5) is 0 Å². The van der Waals surface area contributed by atoms with Crippen LogP contribution < -0.4 is 0 Å². The second kappa shape index (κ2) is 6.88. The van der Waals surface area contributed by atoms with Crippen LogP contribution in [-0.2, 0) is 11.3 Å². The molecule has 4 rings (SSSR count). The Balaban J connectivity index is 1.57. The van der Waals surface area contributed by atoms with Gasteiger partial charge >= 0.3 is 0 Å². The van der Waals surface area contributed by atoms with Crippen LogP contribution in [0.25, 0.3) is 11.0 Å². The van der Waals surface area contributed by atoms with Crippen LogP contribution in [0, 0.1) is 0 Å². The SMILES string of the molecule is C[C@@H]1CN(C(=O)c2cnc3c(cnn3Cc3ccccc3)c2)C[C@H](C)O1. The van der Waals surface area contributed by atoms with Gasteiger partial charge in [0.15, 0.2) is 5.65 Å². The van der Waals surface area contributed by atoms with Gasteiger partial charge in [0.1, 0.15) is 0 Å². The Hall–Kier alpha value is -2.73. The maximum atomic E-state index is 12.8. The van der Waals surface area contributed by atoms with Gasteiger partial charge in [-0.15, -0.1) is 0 Å². The molecule has 0 N–H and O–H groups in total. The van der Waals surface area contributed by atoms with E-state index in [0.29, 0.717) is 25.2 Å². The summed E-state index contributed by atoms with van der Waals surface area (Å²) in [6, 6.07) is 12.0. The number of nitrogens with zero attached hydrogens (tertiary/aromatic N) is 4. The van der Waals surface area contributed by atoms with Gasteiger partial charge in [-0.05, 0) is 25.5 Å². The Morgan fingerprint density at radius 1 is 1.15 bits per heavy atom. The largest absolute Gasteiger partial charge is 0.372 e. The van der Waals surface area contributed by atoms with Gasteiger partial charge in [0, 0.05) is 24.7 Å². The number of hydrogen-bond donors (Lipinski definition) is 0. The summed E-state index contributed by atoms with van der Waals surface area (Å²) < 4.78 is 7.57. The average molecular weight is 350 g/mol. The van der Waals surface area contributed by atoms with Crippen molar-refractivity contribution in [1.82, 2.24) is 19.7 Å². The van der Waals surface area contributed by atoms with Crippen molar-refractivity contribution >= 4 is 16.9 Å². The van der Waals surface area contributed by atoms with Gasteiger partial charge in [-0.2, -0.15) is 5.10 Å². The highest BCUT2D eigenvalue weighted by Crippen LogP contribution is 2.18. The van der Waals surface area contributed by atoms with Crippen LogP contribution in [-0.4, -0.2) is 50.9 Å². The van der Waals surface area contributed by atoms with Gasteiger partial charge in [0.2, 0.25) is 0 Å². The Morgan fingerprint density at radius 3 is 2.62 bits per heavy atom. The van der Waals surface area contributed by atoms with Crippen molar-refractivity contribution in [1.29, 1.82) is 0 Å². The Kier molecular flexibility index (Phi) is 4.42. The highest BCUT2D eigenvalue weighted by molar-refractivity contribution is 5.96. The summed E-state index contributed by atoms with van der Waals surface area (Å²) in [5.74, 6) is -0.00258. The minimum Gasteiger partial charge on any atom is -0.372 e. The molecule has 0 saturated carbocycles. The zero-order valence-electron chi connectivity index (χ0n) is 15.0. The molecule has 1 fully saturated rings. The topological polar surface area (TPSA) is 60.2 Å². The lowest BCUT2D eigenvalue weighted by atomic mass is 10.1. The fourth-order valence-corrected chi connectivity index (χ4v) is 3.49. The van der Waals surface area contributed by atoms with Crippen LogP contribution in [0.5, 0.6) is 0 Å². The molecular formula is C20H22N4O2. The maximum Gasteiger partial charge on any atom is 0.255 e. The number of morpholine rings is 1. The van der Waals surface area contributed by atoms with Crippen LogP contribution in [0.1, 0.15) is 29.8 Å². The molecule has 1 amide bonds. The molecule has 26 heavy (non-hydrogen) atoms. The number of ether oxygens (including phenoxy) is 1. The number of aromatic nitrogens is 3. The van der Waals surface area contributed by atoms with E-state index in [4.69, 9.17) is 4.74 Å². The lowest BCUT2D eigenvalue weighted by molar-refractivity contribution is -0.0586. The zero-order valence-corrected chi connectivity index (χ0v) is 15.0. The molecule has 3 heterocycles. The second-order valence-corrected chi connectivity index (χ2v) is 6.89. The van der Waals surface area contributed by atoms with Crippen molar-refractivity contribution in [2.75, 3.05) is 13.1 Å². The molecule has 0 spiro atoms. The maximum absolute atomic E-state index is 12.8. The first kappa shape index (κ1) is 16.7. The van der Waals surface area contributed by atoms with Crippen LogP contribution >= 0.6 is 0 Å². The van der Waals surface area contributed by atoms with Crippen LogP contribution in [0.2, 0.25) is 0 Å². The average Bonchev–Trinajstić information content (AvgIpc) is 3.03. The molecule has 6 nitrogen and oxygen atoms in total. The fraction of sp³-hybridized carbons (Fsp3) is 0.350. The molecule has 3 aromatic rings. The van der Waals surface area contributed by atoms with Gasteiger partial charge in [0.05, 0.1) is 30.5 Å². The summed E-state index contributed by atoms with van der Waals surface area (Å²) in [5.41, 5.74) is 2.54. The molecule has 2 aromatic heterocycles. The first-order chi connectivity index (χ1) is 12.6. The standard InChI is InChI=1S/C20H22N4O2/c1-14-11-23(12-15(2)26-14)20(25)18-8-17-10-22-24(19(17)21-9-18)13-16-6-4-3-5-7-16/h3-10,14-15H,11-13H2,1-2H3/t14-,15+. The molecule has 0 bridgehead atoms. The number of carbonyl (C=O) groups excluding carboxylic acids is 1. The Morgan fingerprint density at radius 2 is 1.88 bits per heavy atom. The summed E-state index contributed by atoms with van der Waals surface area (Å²) in [4.78, 5) is 19.2. The van der Waals surface area contributed by atoms with Crippen LogP contribution in [0.3, 0.4) is 0 Å². The van der Waals surface area contributed by atoms with E-state index in [2.05, 4.69) is 22.2 Å². The molecule has 134 valence electrons. The quantitative estimate of drug-likeness (QED) is 0.729. The zero-order chi connectivity index (χ0) is 18.1. The van der Waals surface area contributed by atoms with Crippen molar-refractivity contribution < 1.29 is 9.53 Å². The van der Waals surface area contributed by atoms with Crippen molar-refractivity contribution in [3.8, 4) is 0 Å². The normalized spacial score (nSPS) is 20.5. The summed E-state index contributed by atoms with van der Waals surface area (Å²) >= 11 is 0. The third kappa shape index (κ3) is 3.32. The second-order valence-electron chi connectivity index (χ2n) is 6.89. The van der Waals surface area contributed by atoms with E-state index in [-0.39, 0.29) is 18.1 Å². The van der Waals surface area contributed by atoms with Gasteiger partial charge in [0.25, 0.3) is 5.91 Å². The van der Waals surface area contributed by atoms with Crippen LogP contribution in [0.15, 0.2) is 48.8 Å². The number of rotatable bonds is 3. The highest BCUT2D eigenvalue weighted by Gasteiger charge is 2.27. The number of fused-ring (bicyclic) bond motifs is 1. The first-order valence-corrected chi connectivity index (χ1v) is 8.90. The fourth-order valence-electron chi connectivity index (χ4n) is 3.49. The first-order valence-electron chi connectivity index (χ1n) is 8.90. The van der Waals surface area contributed by atoms with E-state index in [9.17, 15) is 4.79 Å². The van der Waals surface area contributed by atoms with E-state index >= 15 is 0 Å². The molecule has 0 unspecified atom stereocenters. The summed E-state index contributed by atoms with van der Waals surface area (Å²) in [7, 11) is 0. The van der Waals surface area contributed by atoms with E-state index in [1.807, 2.05) is 47.7 Å². The summed E-state index contributed by atoms with van der Waals surface area (Å²) in [5, 5.41) is 5.31. The molecule has 0 aliphatic carbocycles. The van der Waals surface area contributed by atoms with Gasteiger partial charge in [-0.3, -0.25) is 4.79 Å². The number of amides is 1. The van der Waals surface area contributed by atoms with E-state index < -0.39 is 0 Å². The lowest BCUT2D eigenvalue weighted by Gasteiger charge is -2.35. The minimum atomic E-state index is -0.00258. The molecule has 1 aliphatic heterocycles. The number of carbonyl (C=O) groups is 1. The molecule has 1 aliphatic rings. The van der Waals surface area contributed by atoms with Crippen molar-refractivity contribution in [2.45, 2.75) is 32.6 Å². The van der Waals surface area contributed by atoms with E-state index in [1.54, 1.807) is 12.4 Å². The summed E-state index contributed by atoms with van der Waals surface area (Å²) in [6.07, 6.45) is 3.52. The van der Waals surface area contributed by atoms with E-state index in [1.165, 1.54) is 0 Å². The Bertz CT molecular complexity index is 912. The molecular weight excluding hydrogens is 328 g/mol. The monoisotopic (exact) mass is 350 g/mol. The predicted molar refractivity (Wildman–Crippen MR) is 99.0 cm³/mol. The minimum absolute atomic E-state index is 0.00258. The van der Waals surface area contributed by atoms with Gasteiger partial charge < -0.3 is 9.64 Å². The summed E-state index contributed by atoms with van der Waals surface area (Å²) in [6.45, 7) is 5.85. The molecule has 1 aromatic carbocycles. The van der Waals surface area contributed by atoms with Gasteiger partial charge in [-0.25, -0.2) is 9.67 Å². The molecule has 0 radical (unpaired) electrons. The smallest absolute Gasteiger partial charge is 0.255 e. The lowest BCUT2D eigenvalue weighted by Crippen LogP contribution is -2.48. The number of pyridine rings is 1. The van der Waals surface area contributed by atoms with Crippen molar-refractivity contribution in [2.24, 2.45) is 0 Å². The number of benzene rings is 1.